The average molecular weight is 360 g/mol. The van der Waals surface area contributed by atoms with Crippen LogP contribution in [0.4, 0.5) is 8.78 Å². The Kier molecular flexibility index (Phi) is 5.02. The van der Waals surface area contributed by atoms with Gasteiger partial charge in [0.2, 0.25) is 10.0 Å². The first-order valence-corrected chi connectivity index (χ1v) is 7.33. The van der Waals surface area contributed by atoms with E-state index in [0.29, 0.717) is 6.07 Å². The molecule has 0 bridgehead atoms. The van der Waals surface area contributed by atoms with Crippen molar-refractivity contribution in [2.24, 2.45) is 0 Å². The summed E-state index contributed by atoms with van der Waals surface area (Å²) in [7, 11) is -4.38. The highest BCUT2D eigenvalue weighted by molar-refractivity contribution is 9.10. The van der Waals surface area contributed by atoms with Crippen molar-refractivity contribution in [1.29, 1.82) is 0 Å². The molecular weight excluding hydrogens is 348 g/mol. The van der Waals surface area contributed by atoms with E-state index in [0.717, 1.165) is 6.07 Å². The van der Waals surface area contributed by atoms with Crippen LogP contribution in [0.2, 0.25) is 0 Å². The summed E-state index contributed by atoms with van der Waals surface area (Å²) in [6.45, 7) is -0.147. The molecule has 0 amide bonds. The maximum Gasteiger partial charge on any atom is 0.245 e. The van der Waals surface area contributed by atoms with Crippen LogP contribution in [0.3, 0.4) is 0 Å². The van der Waals surface area contributed by atoms with Gasteiger partial charge in [-0.2, -0.15) is 0 Å². The molecule has 9 heteroatoms. The number of hydrogen-bond acceptors (Lipinski definition) is 4. The number of hydrogen-bond donors (Lipinski definition) is 3. The molecule has 1 aromatic rings. The van der Waals surface area contributed by atoms with Crippen molar-refractivity contribution < 1.29 is 27.4 Å². The van der Waals surface area contributed by atoms with Crippen LogP contribution in [0.5, 0.6) is 0 Å². The second kappa shape index (κ2) is 5.80. The molecule has 0 radical (unpaired) electrons. The van der Waals surface area contributed by atoms with Crippen LogP contribution in [0, 0.1) is 11.6 Å². The number of aliphatic hydroxyl groups excluding tert-OH is 2. The molecule has 0 aromatic heterocycles. The van der Waals surface area contributed by atoms with E-state index in [9.17, 15) is 17.2 Å². The Balaban J connectivity index is 3.29. The smallest absolute Gasteiger partial charge is 0.245 e. The first kappa shape index (κ1) is 16.4. The van der Waals surface area contributed by atoms with Gasteiger partial charge in [-0.05, 0) is 28.9 Å². The maximum absolute atomic E-state index is 13.6. The van der Waals surface area contributed by atoms with Crippen LogP contribution in [0.1, 0.15) is 6.92 Å². The highest BCUT2D eigenvalue weighted by atomic mass is 79.9. The zero-order valence-electron chi connectivity index (χ0n) is 9.82. The van der Waals surface area contributed by atoms with Gasteiger partial charge in [0.05, 0.1) is 18.8 Å². The molecule has 5 nitrogen and oxygen atoms in total. The lowest BCUT2D eigenvalue weighted by Crippen LogP contribution is -2.51. The SMILES string of the molecule is CC(CO)(CO)NS(=O)(=O)c1c(F)cc(F)cc1Br. The van der Waals surface area contributed by atoms with Gasteiger partial charge < -0.3 is 10.2 Å². The normalized spacial score (nSPS) is 12.7. The van der Waals surface area contributed by atoms with Gasteiger partial charge in [0.15, 0.2) is 0 Å². The molecule has 1 aromatic carbocycles. The largest absolute Gasteiger partial charge is 0.394 e. The van der Waals surface area contributed by atoms with Crippen LogP contribution in [0.15, 0.2) is 21.5 Å². The van der Waals surface area contributed by atoms with Crippen LogP contribution < -0.4 is 4.72 Å². The number of nitrogens with one attached hydrogen (secondary N) is 1. The quantitative estimate of drug-likeness (QED) is 0.723. The molecular formula is C10H12BrF2NO4S. The molecule has 0 aliphatic rings. The highest BCUT2D eigenvalue weighted by Crippen LogP contribution is 2.27. The van der Waals surface area contributed by atoms with Crippen molar-refractivity contribution >= 4 is 26.0 Å². The van der Waals surface area contributed by atoms with Gasteiger partial charge in [-0.3, -0.25) is 0 Å². The fourth-order valence-electron chi connectivity index (χ4n) is 1.28. The molecule has 0 heterocycles. The maximum atomic E-state index is 13.6. The molecule has 0 unspecified atom stereocenters. The Bertz CT molecular complexity index is 552. The summed E-state index contributed by atoms with van der Waals surface area (Å²) in [5.74, 6) is -2.21. The number of rotatable bonds is 5. The lowest BCUT2D eigenvalue weighted by molar-refractivity contribution is 0.121. The van der Waals surface area contributed by atoms with Crippen molar-refractivity contribution in [1.82, 2.24) is 4.72 Å². The summed E-state index contributed by atoms with van der Waals surface area (Å²) in [5.41, 5.74) is -1.56. The lowest BCUT2D eigenvalue weighted by atomic mass is 10.1. The molecule has 0 fully saturated rings. The molecule has 0 aliphatic carbocycles. The first-order chi connectivity index (χ1) is 8.65. The summed E-state index contributed by atoms with van der Waals surface area (Å²) in [5, 5.41) is 18.1. The Hall–Kier alpha value is -0.610. The van der Waals surface area contributed by atoms with E-state index < -0.39 is 45.3 Å². The van der Waals surface area contributed by atoms with E-state index in [2.05, 4.69) is 15.9 Å². The van der Waals surface area contributed by atoms with Gasteiger partial charge in [-0.1, -0.05) is 0 Å². The monoisotopic (exact) mass is 359 g/mol. The van der Waals surface area contributed by atoms with Crippen LogP contribution in [-0.2, 0) is 10.0 Å². The van der Waals surface area contributed by atoms with E-state index in [1.807, 2.05) is 4.72 Å². The summed E-state index contributed by atoms with van der Waals surface area (Å²) in [6.07, 6.45) is 0. The molecule has 19 heavy (non-hydrogen) atoms. The topological polar surface area (TPSA) is 86.6 Å². The second-order valence-electron chi connectivity index (χ2n) is 4.18. The Morgan fingerprint density at radius 3 is 2.26 bits per heavy atom. The van der Waals surface area contributed by atoms with Crippen LogP contribution >= 0.6 is 15.9 Å². The molecule has 3 N–H and O–H groups in total. The first-order valence-electron chi connectivity index (χ1n) is 5.05. The third-order valence-electron chi connectivity index (χ3n) is 2.31. The lowest BCUT2D eigenvalue weighted by Gasteiger charge is -2.26. The van der Waals surface area contributed by atoms with Gasteiger partial charge in [-0.15, -0.1) is 0 Å². The van der Waals surface area contributed by atoms with Crippen LogP contribution in [-0.4, -0.2) is 37.4 Å². The fourth-order valence-corrected chi connectivity index (χ4v) is 3.83. The summed E-state index contributed by atoms with van der Waals surface area (Å²) < 4.78 is 52.1. The summed E-state index contributed by atoms with van der Waals surface area (Å²) in [6, 6.07) is 1.22. The minimum atomic E-state index is -4.38. The zero-order chi connectivity index (χ0) is 14.8. The van der Waals surface area contributed by atoms with E-state index in [1.165, 1.54) is 6.92 Å². The molecule has 0 atom stereocenters. The molecule has 0 saturated heterocycles. The standard InChI is InChI=1S/C10H12BrF2NO4S/c1-10(4-15,5-16)14-19(17,18)9-7(11)2-6(12)3-8(9)13/h2-3,14-16H,4-5H2,1H3. The number of halogens is 3. The fraction of sp³-hybridized carbons (Fsp3) is 0.400. The molecule has 0 spiro atoms. The Morgan fingerprint density at radius 2 is 1.84 bits per heavy atom. The van der Waals surface area contributed by atoms with E-state index in [-0.39, 0.29) is 4.47 Å². The third-order valence-corrected chi connectivity index (χ3v) is 4.91. The van der Waals surface area contributed by atoms with Crippen molar-refractivity contribution in [3.8, 4) is 0 Å². The zero-order valence-corrected chi connectivity index (χ0v) is 12.2. The van der Waals surface area contributed by atoms with Crippen molar-refractivity contribution in [2.75, 3.05) is 13.2 Å². The summed E-state index contributed by atoms with van der Waals surface area (Å²) >= 11 is 2.76. The number of benzene rings is 1. The molecule has 1 rings (SSSR count). The third kappa shape index (κ3) is 3.69. The second-order valence-corrected chi connectivity index (χ2v) is 6.65. The van der Waals surface area contributed by atoms with Gasteiger partial charge in [-0.25, -0.2) is 21.9 Å². The minimum absolute atomic E-state index is 0.296. The van der Waals surface area contributed by atoms with E-state index >= 15 is 0 Å². The Morgan fingerprint density at radius 1 is 1.32 bits per heavy atom. The predicted molar refractivity (Wildman–Crippen MR) is 67.0 cm³/mol. The van der Waals surface area contributed by atoms with Crippen LogP contribution in [0.25, 0.3) is 0 Å². The number of sulfonamides is 1. The van der Waals surface area contributed by atoms with Gasteiger partial charge >= 0.3 is 0 Å². The van der Waals surface area contributed by atoms with Gasteiger partial charge in [0.1, 0.15) is 16.5 Å². The molecule has 0 aliphatic heterocycles. The van der Waals surface area contributed by atoms with Gasteiger partial charge in [0.25, 0.3) is 0 Å². The number of aliphatic hydroxyl groups is 2. The van der Waals surface area contributed by atoms with Gasteiger partial charge in [0, 0.05) is 10.5 Å². The van der Waals surface area contributed by atoms with E-state index in [4.69, 9.17) is 10.2 Å². The van der Waals surface area contributed by atoms with Crippen molar-refractivity contribution in [3.05, 3.63) is 28.2 Å². The summed E-state index contributed by atoms with van der Waals surface area (Å²) in [4.78, 5) is -0.790. The predicted octanol–water partition coefficient (Wildman–Crippen LogP) is 0.749. The van der Waals surface area contributed by atoms with Crippen molar-refractivity contribution in [2.45, 2.75) is 17.4 Å². The average Bonchev–Trinajstić information content (AvgIpc) is 2.26. The molecule has 108 valence electrons. The Labute approximate surface area is 117 Å². The van der Waals surface area contributed by atoms with Crippen molar-refractivity contribution in [3.63, 3.8) is 0 Å². The van der Waals surface area contributed by atoms with E-state index in [1.54, 1.807) is 0 Å². The highest BCUT2D eigenvalue weighted by Gasteiger charge is 2.32. The molecule has 0 saturated carbocycles. The minimum Gasteiger partial charge on any atom is -0.394 e.